The molecule has 0 fully saturated rings. The summed E-state index contributed by atoms with van der Waals surface area (Å²) in [6.45, 7) is 0. The van der Waals surface area contributed by atoms with Gasteiger partial charge in [-0.2, -0.15) is 0 Å². The largest absolute Gasteiger partial charge is 0.465 e. The number of halogens is 2. The number of benzene rings is 1. The molecule has 1 heterocycles. The Labute approximate surface area is 107 Å². The molecule has 0 unspecified atom stereocenters. The van der Waals surface area contributed by atoms with Crippen LogP contribution in [0.5, 0.6) is 0 Å². The molecular formula is C13H10F2O2S. The normalized spacial score (nSPS) is 10.4. The van der Waals surface area contributed by atoms with Crippen LogP contribution in [0.3, 0.4) is 0 Å². The van der Waals surface area contributed by atoms with Gasteiger partial charge in [-0.15, -0.1) is 11.3 Å². The van der Waals surface area contributed by atoms with E-state index in [1.54, 1.807) is 6.07 Å². The standard InChI is InChI=1S/C13H10F2O2S/c1-17-13(16)9-4-5-11(14)12(15)10(9)7-8-3-2-6-18-8/h2-6H,7H2,1H3. The highest BCUT2D eigenvalue weighted by molar-refractivity contribution is 7.09. The van der Waals surface area contributed by atoms with Crippen LogP contribution in [0.25, 0.3) is 0 Å². The van der Waals surface area contributed by atoms with Crippen molar-refractivity contribution in [1.82, 2.24) is 0 Å². The number of carbonyl (C=O) groups is 1. The summed E-state index contributed by atoms with van der Waals surface area (Å²) in [5, 5.41) is 1.84. The Kier molecular flexibility index (Phi) is 3.72. The van der Waals surface area contributed by atoms with E-state index in [1.807, 2.05) is 11.4 Å². The molecule has 1 aromatic carbocycles. The molecule has 0 spiro atoms. The maximum Gasteiger partial charge on any atom is 0.338 e. The first-order valence-electron chi connectivity index (χ1n) is 5.21. The molecule has 5 heteroatoms. The Morgan fingerprint density at radius 1 is 1.33 bits per heavy atom. The van der Waals surface area contributed by atoms with Crippen molar-refractivity contribution in [2.75, 3.05) is 7.11 Å². The molecule has 0 saturated carbocycles. The molecule has 0 aliphatic heterocycles. The third-order valence-electron chi connectivity index (χ3n) is 2.53. The average Bonchev–Trinajstić information content (AvgIpc) is 2.87. The first-order chi connectivity index (χ1) is 8.63. The van der Waals surface area contributed by atoms with E-state index in [0.29, 0.717) is 0 Å². The molecule has 0 bridgehead atoms. The number of esters is 1. The molecule has 0 radical (unpaired) electrons. The van der Waals surface area contributed by atoms with Gasteiger partial charge >= 0.3 is 5.97 Å². The molecule has 0 amide bonds. The Morgan fingerprint density at radius 3 is 2.72 bits per heavy atom. The number of hydrogen-bond acceptors (Lipinski definition) is 3. The van der Waals surface area contributed by atoms with E-state index >= 15 is 0 Å². The second kappa shape index (κ2) is 5.27. The molecule has 0 saturated heterocycles. The van der Waals surface area contributed by atoms with Crippen LogP contribution in [0.4, 0.5) is 8.78 Å². The van der Waals surface area contributed by atoms with Crippen molar-refractivity contribution in [2.24, 2.45) is 0 Å². The first-order valence-corrected chi connectivity index (χ1v) is 6.09. The fourth-order valence-electron chi connectivity index (χ4n) is 1.65. The van der Waals surface area contributed by atoms with Crippen molar-refractivity contribution in [3.05, 3.63) is 57.3 Å². The van der Waals surface area contributed by atoms with E-state index in [2.05, 4.69) is 4.74 Å². The smallest absolute Gasteiger partial charge is 0.338 e. The van der Waals surface area contributed by atoms with Gasteiger partial charge in [-0.3, -0.25) is 0 Å². The van der Waals surface area contributed by atoms with Crippen molar-refractivity contribution in [3.63, 3.8) is 0 Å². The Balaban J connectivity index is 2.48. The molecule has 2 rings (SSSR count). The van der Waals surface area contributed by atoms with E-state index in [4.69, 9.17) is 0 Å². The zero-order chi connectivity index (χ0) is 13.1. The number of carbonyl (C=O) groups excluding carboxylic acids is 1. The second-order valence-electron chi connectivity index (χ2n) is 3.64. The monoisotopic (exact) mass is 268 g/mol. The van der Waals surface area contributed by atoms with E-state index in [-0.39, 0.29) is 17.5 Å². The van der Waals surface area contributed by atoms with Gasteiger partial charge in [0.1, 0.15) is 0 Å². The highest BCUT2D eigenvalue weighted by Crippen LogP contribution is 2.23. The average molecular weight is 268 g/mol. The fraction of sp³-hybridized carbons (Fsp3) is 0.154. The number of ether oxygens (including phenoxy) is 1. The third kappa shape index (κ3) is 2.41. The van der Waals surface area contributed by atoms with Gasteiger partial charge in [-0.05, 0) is 23.6 Å². The lowest BCUT2D eigenvalue weighted by atomic mass is 10.0. The molecule has 18 heavy (non-hydrogen) atoms. The van der Waals surface area contributed by atoms with Crippen LogP contribution in [0.15, 0.2) is 29.6 Å². The van der Waals surface area contributed by atoms with Gasteiger partial charge < -0.3 is 4.74 Å². The molecule has 0 aliphatic carbocycles. The van der Waals surface area contributed by atoms with Crippen LogP contribution in [-0.2, 0) is 11.2 Å². The molecule has 0 atom stereocenters. The first kappa shape index (κ1) is 12.7. The van der Waals surface area contributed by atoms with E-state index in [9.17, 15) is 13.6 Å². The van der Waals surface area contributed by atoms with Gasteiger partial charge in [0.05, 0.1) is 12.7 Å². The summed E-state index contributed by atoms with van der Waals surface area (Å²) in [6, 6.07) is 5.79. The van der Waals surface area contributed by atoms with Crippen LogP contribution < -0.4 is 0 Å². The topological polar surface area (TPSA) is 26.3 Å². The highest BCUT2D eigenvalue weighted by Gasteiger charge is 2.19. The zero-order valence-corrected chi connectivity index (χ0v) is 10.4. The maximum atomic E-state index is 13.8. The molecule has 2 aromatic rings. The predicted molar refractivity (Wildman–Crippen MR) is 64.8 cm³/mol. The van der Waals surface area contributed by atoms with Gasteiger partial charge in [0.15, 0.2) is 11.6 Å². The molecular weight excluding hydrogens is 258 g/mol. The lowest BCUT2D eigenvalue weighted by Gasteiger charge is -2.08. The van der Waals surface area contributed by atoms with Crippen molar-refractivity contribution in [1.29, 1.82) is 0 Å². The van der Waals surface area contributed by atoms with E-state index in [1.165, 1.54) is 24.5 Å². The van der Waals surface area contributed by atoms with Gasteiger partial charge in [0.25, 0.3) is 0 Å². The van der Waals surface area contributed by atoms with Gasteiger partial charge in [0, 0.05) is 16.9 Å². The third-order valence-corrected chi connectivity index (χ3v) is 3.41. The van der Waals surface area contributed by atoms with Gasteiger partial charge in [-0.25, -0.2) is 13.6 Å². The van der Waals surface area contributed by atoms with Crippen LogP contribution in [0.1, 0.15) is 20.8 Å². The van der Waals surface area contributed by atoms with Crippen LogP contribution in [0.2, 0.25) is 0 Å². The van der Waals surface area contributed by atoms with Crippen molar-refractivity contribution in [2.45, 2.75) is 6.42 Å². The lowest BCUT2D eigenvalue weighted by molar-refractivity contribution is 0.0599. The van der Waals surface area contributed by atoms with Crippen LogP contribution >= 0.6 is 11.3 Å². The van der Waals surface area contributed by atoms with Crippen molar-refractivity contribution >= 4 is 17.3 Å². The summed E-state index contributed by atoms with van der Waals surface area (Å²) in [7, 11) is 1.21. The lowest BCUT2D eigenvalue weighted by Crippen LogP contribution is -2.09. The second-order valence-corrected chi connectivity index (χ2v) is 4.67. The molecule has 0 aliphatic rings. The van der Waals surface area contributed by atoms with E-state index < -0.39 is 17.6 Å². The highest BCUT2D eigenvalue weighted by atomic mass is 32.1. The Bertz CT molecular complexity index is 565. The molecule has 94 valence electrons. The summed E-state index contributed by atoms with van der Waals surface area (Å²) in [5.74, 6) is -2.62. The summed E-state index contributed by atoms with van der Waals surface area (Å²) in [6.07, 6.45) is 0.172. The number of rotatable bonds is 3. The van der Waals surface area contributed by atoms with Gasteiger partial charge in [-0.1, -0.05) is 6.07 Å². The minimum absolute atomic E-state index is 0.0318. The number of thiophene rings is 1. The van der Waals surface area contributed by atoms with Crippen LogP contribution in [-0.4, -0.2) is 13.1 Å². The Morgan fingerprint density at radius 2 is 2.11 bits per heavy atom. The summed E-state index contributed by atoms with van der Waals surface area (Å²) in [5.41, 5.74) is 0.0918. The Hall–Kier alpha value is -1.75. The number of hydrogen-bond donors (Lipinski definition) is 0. The molecule has 2 nitrogen and oxygen atoms in total. The number of methoxy groups -OCH3 is 1. The minimum Gasteiger partial charge on any atom is -0.465 e. The molecule has 1 aromatic heterocycles. The quantitative estimate of drug-likeness (QED) is 0.797. The fourth-order valence-corrected chi connectivity index (χ4v) is 2.37. The summed E-state index contributed by atoms with van der Waals surface area (Å²) >= 11 is 1.42. The SMILES string of the molecule is COC(=O)c1ccc(F)c(F)c1Cc1cccs1. The van der Waals surface area contributed by atoms with E-state index in [0.717, 1.165) is 10.9 Å². The predicted octanol–water partition coefficient (Wildman–Crippen LogP) is 3.40. The minimum atomic E-state index is -0.994. The maximum absolute atomic E-state index is 13.8. The van der Waals surface area contributed by atoms with Crippen molar-refractivity contribution in [3.8, 4) is 0 Å². The van der Waals surface area contributed by atoms with Crippen LogP contribution in [0, 0.1) is 11.6 Å². The van der Waals surface area contributed by atoms with Gasteiger partial charge in [0.2, 0.25) is 0 Å². The zero-order valence-electron chi connectivity index (χ0n) is 9.57. The summed E-state index contributed by atoms with van der Waals surface area (Å²) < 4.78 is 31.6. The summed E-state index contributed by atoms with van der Waals surface area (Å²) in [4.78, 5) is 12.4. The molecule has 0 N–H and O–H groups in total. The van der Waals surface area contributed by atoms with Crippen molar-refractivity contribution < 1.29 is 18.3 Å².